The Morgan fingerprint density at radius 1 is 1.35 bits per heavy atom. The fourth-order valence-electron chi connectivity index (χ4n) is 3.69. The molecular formula is C14H22N2O4. The SMILES string of the molecule is O=C(O)CC1COCCN1C(=O)C1CC12CCNCC2. The number of morpholine rings is 1. The molecule has 0 aromatic carbocycles. The number of hydrogen-bond acceptors (Lipinski definition) is 4. The summed E-state index contributed by atoms with van der Waals surface area (Å²) < 4.78 is 5.33. The van der Waals surface area contributed by atoms with Crippen molar-refractivity contribution in [2.75, 3.05) is 32.8 Å². The molecule has 112 valence electrons. The summed E-state index contributed by atoms with van der Waals surface area (Å²) in [7, 11) is 0. The molecule has 2 saturated heterocycles. The van der Waals surface area contributed by atoms with E-state index < -0.39 is 5.97 Å². The molecule has 6 nitrogen and oxygen atoms in total. The van der Waals surface area contributed by atoms with Crippen LogP contribution in [0.2, 0.25) is 0 Å². The Morgan fingerprint density at radius 2 is 2.10 bits per heavy atom. The van der Waals surface area contributed by atoms with Gasteiger partial charge in [0.25, 0.3) is 0 Å². The molecule has 1 amide bonds. The molecule has 1 aliphatic carbocycles. The van der Waals surface area contributed by atoms with Gasteiger partial charge in [0.1, 0.15) is 0 Å². The highest BCUT2D eigenvalue weighted by molar-refractivity contribution is 5.83. The molecule has 1 spiro atoms. The van der Waals surface area contributed by atoms with E-state index in [1.807, 2.05) is 0 Å². The van der Waals surface area contributed by atoms with Gasteiger partial charge >= 0.3 is 5.97 Å². The molecular weight excluding hydrogens is 260 g/mol. The van der Waals surface area contributed by atoms with Crippen LogP contribution in [0.15, 0.2) is 0 Å². The summed E-state index contributed by atoms with van der Waals surface area (Å²) in [5, 5.41) is 12.3. The minimum absolute atomic E-state index is 0.0208. The first-order valence-corrected chi connectivity index (χ1v) is 7.43. The maximum absolute atomic E-state index is 12.7. The number of nitrogens with zero attached hydrogens (tertiary/aromatic N) is 1. The van der Waals surface area contributed by atoms with Crippen molar-refractivity contribution < 1.29 is 19.4 Å². The molecule has 2 heterocycles. The number of ether oxygens (including phenoxy) is 1. The lowest BCUT2D eigenvalue weighted by Gasteiger charge is -2.36. The molecule has 2 N–H and O–H groups in total. The molecule has 3 aliphatic rings. The molecule has 0 radical (unpaired) electrons. The van der Waals surface area contributed by atoms with E-state index in [1.165, 1.54) is 0 Å². The quantitative estimate of drug-likeness (QED) is 0.766. The normalized spacial score (nSPS) is 32.1. The predicted octanol–water partition coefficient (Wildman–Crippen LogP) is 0.0782. The smallest absolute Gasteiger partial charge is 0.305 e. The van der Waals surface area contributed by atoms with Crippen LogP contribution in [-0.2, 0) is 14.3 Å². The molecule has 2 unspecified atom stereocenters. The van der Waals surface area contributed by atoms with Crippen molar-refractivity contribution in [2.24, 2.45) is 11.3 Å². The van der Waals surface area contributed by atoms with E-state index in [1.54, 1.807) is 4.90 Å². The molecule has 3 rings (SSSR count). The number of amides is 1. The Labute approximate surface area is 118 Å². The van der Waals surface area contributed by atoms with Crippen LogP contribution in [0, 0.1) is 11.3 Å². The van der Waals surface area contributed by atoms with Gasteiger partial charge in [-0.2, -0.15) is 0 Å². The number of aliphatic carboxylic acids is 1. The van der Waals surface area contributed by atoms with Gasteiger partial charge in [0.2, 0.25) is 5.91 Å². The Morgan fingerprint density at radius 3 is 2.80 bits per heavy atom. The number of nitrogens with one attached hydrogen (secondary N) is 1. The Kier molecular flexibility index (Phi) is 3.69. The maximum atomic E-state index is 12.7. The second-order valence-corrected chi connectivity index (χ2v) is 6.23. The molecule has 6 heteroatoms. The fraction of sp³-hybridized carbons (Fsp3) is 0.857. The van der Waals surface area contributed by atoms with Gasteiger partial charge in [-0.05, 0) is 37.8 Å². The molecule has 0 bridgehead atoms. The number of hydrogen-bond donors (Lipinski definition) is 2. The summed E-state index contributed by atoms with van der Waals surface area (Å²) in [6, 6.07) is -0.298. The maximum Gasteiger partial charge on any atom is 0.305 e. The summed E-state index contributed by atoms with van der Waals surface area (Å²) in [6.07, 6.45) is 3.09. The van der Waals surface area contributed by atoms with Gasteiger partial charge in [0.15, 0.2) is 0 Å². The van der Waals surface area contributed by atoms with Crippen molar-refractivity contribution in [3.8, 4) is 0 Å². The third-order valence-electron chi connectivity index (χ3n) is 5.01. The van der Waals surface area contributed by atoms with Crippen LogP contribution < -0.4 is 5.32 Å². The lowest BCUT2D eigenvalue weighted by molar-refractivity contribution is -0.147. The average Bonchev–Trinajstić information content (AvgIpc) is 3.12. The summed E-state index contributed by atoms with van der Waals surface area (Å²) in [6.45, 7) is 3.38. The highest BCUT2D eigenvalue weighted by atomic mass is 16.5. The molecule has 3 fully saturated rings. The number of carbonyl (C=O) groups is 2. The van der Waals surface area contributed by atoms with Gasteiger partial charge in [-0.1, -0.05) is 0 Å². The number of carboxylic acids is 1. The van der Waals surface area contributed by atoms with Crippen molar-refractivity contribution in [1.82, 2.24) is 10.2 Å². The third-order valence-corrected chi connectivity index (χ3v) is 5.01. The zero-order valence-corrected chi connectivity index (χ0v) is 11.6. The molecule has 20 heavy (non-hydrogen) atoms. The Hall–Kier alpha value is -1.14. The van der Waals surface area contributed by atoms with Crippen molar-refractivity contribution >= 4 is 11.9 Å². The standard InChI is InChI=1S/C14H22N2O4/c17-12(18)7-10-9-20-6-5-16(10)13(19)11-8-14(11)1-3-15-4-2-14/h10-11,15H,1-9H2,(H,17,18). The van der Waals surface area contributed by atoms with Crippen molar-refractivity contribution in [3.63, 3.8) is 0 Å². The number of carboxylic acid groups (broad SMARTS) is 1. The highest BCUT2D eigenvalue weighted by Crippen LogP contribution is 2.59. The lowest BCUT2D eigenvalue weighted by atomic mass is 9.91. The zero-order valence-electron chi connectivity index (χ0n) is 11.6. The van der Waals surface area contributed by atoms with Gasteiger partial charge in [0.05, 0.1) is 25.7 Å². The minimum Gasteiger partial charge on any atom is -0.481 e. The van der Waals surface area contributed by atoms with Crippen LogP contribution in [0.3, 0.4) is 0 Å². The molecule has 2 aliphatic heterocycles. The van der Waals surface area contributed by atoms with Gasteiger partial charge in [-0.3, -0.25) is 9.59 Å². The van der Waals surface area contributed by atoms with E-state index >= 15 is 0 Å². The van der Waals surface area contributed by atoms with E-state index in [0.717, 1.165) is 32.4 Å². The van der Waals surface area contributed by atoms with E-state index in [0.29, 0.717) is 19.8 Å². The summed E-state index contributed by atoms with van der Waals surface area (Å²) in [5.41, 5.74) is 0.203. The van der Waals surface area contributed by atoms with E-state index in [9.17, 15) is 9.59 Å². The molecule has 2 atom stereocenters. The Bertz CT molecular complexity index is 406. The van der Waals surface area contributed by atoms with Gasteiger partial charge < -0.3 is 20.1 Å². The predicted molar refractivity (Wildman–Crippen MR) is 71.2 cm³/mol. The molecule has 1 saturated carbocycles. The fourth-order valence-corrected chi connectivity index (χ4v) is 3.69. The largest absolute Gasteiger partial charge is 0.481 e. The summed E-state index contributed by atoms with van der Waals surface area (Å²) in [5.74, 6) is -0.605. The van der Waals surface area contributed by atoms with Gasteiger partial charge in [-0.15, -0.1) is 0 Å². The molecule has 0 aromatic rings. The second-order valence-electron chi connectivity index (χ2n) is 6.23. The van der Waals surface area contributed by atoms with E-state index in [-0.39, 0.29) is 29.7 Å². The second kappa shape index (κ2) is 5.33. The van der Waals surface area contributed by atoms with Crippen LogP contribution in [0.25, 0.3) is 0 Å². The highest BCUT2D eigenvalue weighted by Gasteiger charge is 2.59. The first-order valence-electron chi connectivity index (χ1n) is 7.43. The minimum atomic E-state index is -0.870. The number of rotatable bonds is 3. The monoisotopic (exact) mass is 282 g/mol. The van der Waals surface area contributed by atoms with E-state index in [4.69, 9.17) is 9.84 Å². The van der Waals surface area contributed by atoms with Crippen LogP contribution in [0.5, 0.6) is 0 Å². The van der Waals surface area contributed by atoms with Crippen molar-refractivity contribution in [3.05, 3.63) is 0 Å². The average molecular weight is 282 g/mol. The van der Waals surface area contributed by atoms with Crippen LogP contribution in [0.4, 0.5) is 0 Å². The van der Waals surface area contributed by atoms with E-state index in [2.05, 4.69) is 5.32 Å². The van der Waals surface area contributed by atoms with Gasteiger partial charge in [0, 0.05) is 12.5 Å². The zero-order chi connectivity index (χ0) is 14.2. The van der Waals surface area contributed by atoms with Crippen LogP contribution in [0.1, 0.15) is 25.7 Å². The number of carbonyl (C=O) groups excluding carboxylic acids is 1. The third kappa shape index (κ3) is 2.54. The first-order chi connectivity index (χ1) is 9.62. The van der Waals surface area contributed by atoms with Gasteiger partial charge in [-0.25, -0.2) is 0 Å². The van der Waals surface area contributed by atoms with Crippen LogP contribution >= 0.6 is 0 Å². The van der Waals surface area contributed by atoms with Crippen molar-refractivity contribution in [1.29, 1.82) is 0 Å². The number of piperidine rings is 1. The lowest BCUT2D eigenvalue weighted by Crippen LogP contribution is -2.50. The van der Waals surface area contributed by atoms with Crippen molar-refractivity contribution in [2.45, 2.75) is 31.7 Å². The molecule has 0 aromatic heterocycles. The topological polar surface area (TPSA) is 78.9 Å². The van der Waals surface area contributed by atoms with Crippen LogP contribution in [-0.4, -0.2) is 60.8 Å². The first kappa shape index (κ1) is 13.8. The summed E-state index contributed by atoms with van der Waals surface area (Å²) >= 11 is 0. The summed E-state index contributed by atoms with van der Waals surface area (Å²) in [4.78, 5) is 25.4. The Balaban J connectivity index is 1.65.